The average molecular weight is 243 g/mol. The quantitative estimate of drug-likeness (QED) is 0.897. The van der Waals surface area contributed by atoms with Gasteiger partial charge in [0.2, 0.25) is 5.88 Å². The molecule has 0 fully saturated rings. The third kappa shape index (κ3) is 2.66. The molecule has 0 atom stereocenters. The first-order valence-electron chi connectivity index (χ1n) is 5.63. The van der Waals surface area contributed by atoms with Gasteiger partial charge in [-0.25, -0.2) is 9.78 Å². The van der Waals surface area contributed by atoms with Gasteiger partial charge in [0.15, 0.2) is 0 Å². The summed E-state index contributed by atoms with van der Waals surface area (Å²) in [6, 6.07) is 10.4. The van der Waals surface area contributed by atoms with Gasteiger partial charge in [-0.3, -0.25) is 0 Å². The summed E-state index contributed by atoms with van der Waals surface area (Å²) in [6.45, 7) is 2.49. The number of carboxylic acids is 1. The Morgan fingerprint density at radius 1 is 1.17 bits per heavy atom. The summed E-state index contributed by atoms with van der Waals surface area (Å²) < 4.78 is 5.26. The molecule has 0 aliphatic heterocycles. The normalized spacial score (nSPS) is 10.1. The number of aromatic nitrogens is 1. The molecule has 0 saturated heterocycles. The van der Waals surface area contributed by atoms with Gasteiger partial charge in [0.1, 0.15) is 0 Å². The number of hydrogen-bond acceptors (Lipinski definition) is 3. The van der Waals surface area contributed by atoms with Crippen LogP contribution in [-0.4, -0.2) is 22.7 Å². The number of aromatic carboxylic acids is 1. The molecule has 0 spiro atoms. The smallest absolute Gasteiger partial charge is 0.335 e. The third-order valence-corrected chi connectivity index (χ3v) is 2.49. The number of hydrogen-bond donors (Lipinski definition) is 1. The molecule has 1 N–H and O–H groups in total. The van der Waals surface area contributed by atoms with Gasteiger partial charge in [-0.2, -0.15) is 0 Å². The minimum Gasteiger partial charge on any atom is -0.478 e. The monoisotopic (exact) mass is 243 g/mol. The maximum atomic E-state index is 10.7. The Morgan fingerprint density at radius 3 is 2.33 bits per heavy atom. The molecule has 0 radical (unpaired) electrons. The number of rotatable bonds is 4. The number of carboxylic acid groups (broad SMARTS) is 1. The average Bonchev–Trinajstić information content (AvgIpc) is 2.40. The van der Waals surface area contributed by atoms with Crippen molar-refractivity contribution in [2.24, 2.45) is 0 Å². The van der Waals surface area contributed by atoms with Gasteiger partial charge in [0.05, 0.1) is 12.2 Å². The lowest BCUT2D eigenvalue weighted by atomic mass is 10.1. The zero-order valence-corrected chi connectivity index (χ0v) is 9.96. The molecule has 2 rings (SSSR count). The number of pyridine rings is 1. The fraction of sp³-hybridized carbons (Fsp3) is 0.143. The van der Waals surface area contributed by atoms with Gasteiger partial charge in [0, 0.05) is 17.8 Å². The van der Waals surface area contributed by atoms with Crippen LogP contribution in [0.3, 0.4) is 0 Å². The highest BCUT2D eigenvalue weighted by Crippen LogP contribution is 2.20. The summed E-state index contributed by atoms with van der Waals surface area (Å²) in [5.74, 6) is -0.338. The van der Waals surface area contributed by atoms with Crippen LogP contribution in [0, 0.1) is 0 Å². The Labute approximate surface area is 105 Å². The van der Waals surface area contributed by atoms with E-state index in [1.54, 1.807) is 36.5 Å². The van der Waals surface area contributed by atoms with Gasteiger partial charge in [-0.1, -0.05) is 12.1 Å². The van der Waals surface area contributed by atoms with Crippen LogP contribution in [0.15, 0.2) is 42.6 Å². The van der Waals surface area contributed by atoms with Gasteiger partial charge >= 0.3 is 5.97 Å². The Morgan fingerprint density at radius 2 is 1.83 bits per heavy atom. The van der Waals surface area contributed by atoms with Crippen molar-refractivity contribution in [3.63, 3.8) is 0 Å². The standard InChI is InChI=1S/C14H13NO3/c1-2-18-13-8-7-12(9-15-13)10-3-5-11(6-4-10)14(16)17/h3-9H,2H2,1H3,(H,16,17). The number of carbonyl (C=O) groups is 1. The first-order chi connectivity index (χ1) is 8.70. The van der Waals surface area contributed by atoms with Gasteiger partial charge in [-0.05, 0) is 30.7 Å². The van der Waals surface area contributed by atoms with Gasteiger partial charge < -0.3 is 9.84 Å². The Kier molecular flexibility index (Phi) is 3.57. The topological polar surface area (TPSA) is 59.4 Å². The molecule has 0 bridgehead atoms. The molecule has 1 aromatic carbocycles. The number of ether oxygens (including phenoxy) is 1. The Hall–Kier alpha value is -2.36. The van der Waals surface area contributed by atoms with E-state index in [4.69, 9.17) is 9.84 Å². The number of nitrogens with zero attached hydrogens (tertiary/aromatic N) is 1. The van der Waals surface area contributed by atoms with Crippen molar-refractivity contribution >= 4 is 5.97 Å². The highest BCUT2D eigenvalue weighted by Gasteiger charge is 2.03. The highest BCUT2D eigenvalue weighted by molar-refractivity contribution is 5.88. The predicted molar refractivity (Wildman–Crippen MR) is 67.8 cm³/mol. The van der Waals surface area contributed by atoms with Crippen LogP contribution in [0.4, 0.5) is 0 Å². The summed E-state index contributed by atoms with van der Waals surface area (Å²) in [5, 5.41) is 8.81. The Balaban J connectivity index is 2.23. The second kappa shape index (κ2) is 5.31. The molecular weight excluding hydrogens is 230 g/mol. The van der Waals surface area contributed by atoms with Crippen molar-refractivity contribution in [1.29, 1.82) is 0 Å². The molecule has 0 unspecified atom stereocenters. The zero-order valence-electron chi connectivity index (χ0n) is 9.96. The Bertz CT molecular complexity index is 532. The molecule has 0 saturated carbocycles. The van der Waals surface area contributed by atoms with E-state index in [9.17, 15) is 4.79 Å². The lowest BCUT2D eigenvalue weighted by molar-refractivity contribution is 0.0697. The number of benzene rings is 1. The van der Waals surface area contributed by atoms with Crippen molar-refractivity contribution < 1.29 is 14.6 Å². The van der Waals surface area contributed by atoms with E-state index in [0.717, 1.165) is 11.1 Å². The molecular formula is C14H13NO3. The molecule has 0 amide bonds. The lowest BCUT2D eigenvalue weighted by Crippen LogP contribution is -1.95. The van der Waals surface area contributed by atoms with E-state index < -0.39 is 5.97 Å². The largest absolute Gasteiger partial charge is 0.478 e. The fourth-order valence-electron chi connectivity index (χ4n) is 1.59. The van der Waals surface area contributed by atoms with E-state index in [-0.39, 0.29) is 5.56 Å². The van der Waals surface area contributed by atoms with Crippen LogP contribution in [-0.2, 0) is 0 Å². The molecule has 92 valence electrons. The van der Waals surface area contributed by atoms with Crippen LogP contribution in [0.1, 0.15) is 17.3 Å². The second-order valence-corrected chi connectivity index (χ2v) is 3.70. The molecule has 2 aromatic rings. The lowest BCUT2D eigenvalue weighted by Gasteiger charge is -2.04. The summed E-state index contributed by atoms with van der Waals surface area (Å²) >= 11 is 0. The van der Waals surface area contributed by atoms with Crippen LogP contribution in [0.5, 0.6) is 5.88 Å². The molecule has 0 aliphatic carbocycles. The van der Waals surface area contributed by atoms with E-state index in [0.29, 0.717) is 12.5 Å². The summed E-state index contributed by atoms with van der Waals surface area (Å²) in [4.78, 5) is 14.9. The van der Waals surface area contributed by atoms with Crippen molar-refractivity contribution in [1.82, 2.24) is 4.98 Å². The maximum absolute atomic E-state index is 10.7. The van der Waals surface area contributed by atoms with Crippen molar-refractivity contribution in [3.8, 4) is 17.0 Å². The predicted octanol–water partition coefficient (Wildman–Crippen LogP) is 2.85. The summed E-state index contributed by atoms with van der Waals surface area (Å²) in [7, 11) is 0. The maximum Gasteiger partial charge on any atom is 0.335 e. The molecule has 1 aromatic heterocycles. The van der Waals surface area contributed by atoms with Crippen molar-refractivity contribution in [3.05, 3.63) is 48.2 Å². The molecule has 18 heavy (non-hydrogen) atoms. The molecule has 4 heteroatoms. The molecule has 0 aliphatic rings. The highest BCUT2D eigenvalue weighted by atomic mass is 16.5. The van der Waals surface area contributed by atoms with Crippen LogP contribution in [0.25, 0.3) is 11.1 Å². The SMILES string of the molecule is CCOc1ccc(-c2ccc(C(=O)O)cc2)cn1. The molecule has 4 nitrogen and oxygen atoms in total. The van der Waals surface area contributed by atoms with Gasteiger partial charge in [0.25, 0.3) is 0 Å². The third-order valence-electron chi connectivity index (χ3n) is 2.49. The molecule has 1 heterocycles. The van der Waals surface area contributed by atoms with Crippen molar-refractivity contribution in [2.45, 2.75) is 6.92 Å². The van der Waals surface area contributed by atoms with E-state index >= 15 is 0 Å². The van der Waals surface area contributed by atoms with E-state index in [2.05, 4.69) is 4.98 Å². The van der Waals surface area contributed by atoms with Crippen molar-refractivity contribution in [2.75, 3.05) is 6.61 Å². The minimum atomic E-state index is -0.925. The zero-order chi connectivity index (χ0) is 13.0. The summed E-state index contributed by atoms with van der Waals surface area (Å²) in [5.41, 5.74) is 2.13. The first kappa shape index (κ1) is 12.1. The van der Waals surface area contributed by atoms with Gasteiger partial charge in [-0.15, -0.1) is 0 Å². The van der Waals surface area contributed by atoms with Crippen LogP contribution >= 0.6 is 0 Å². The van der Waals surface area contributed by atoms with E-state index in [1.807, 2.05) is 13.0 Å². The minimum absolute atomic E-state index is 0.276. The first-order valence-corrected chi connectivity index (χ1v) is 5.63. The van der Waals surface area contributed by atoms with Crippen LogP contribution < -0.4 is 4.74 Å². The fourth-order valence-corrected chi connectivity index (χ4v) is 1.59. The summed E-state index contributed by atoms with van der Waals surface area (Å²) in [6.07, 6.45) is 1.71. The van der Waals surface area contributed by atoms with Crippen LogP contribution in [0.2, 0.25) is 0 Å². The van der Waals surface area contributed by atoms with E-state index in [1.165, 1.54) is 0 Å². The second-order valence-electron chi connectivity index (χ2n) is 3.70.